The Morgan fingerprint density at radius 1 is 1.27 bits per heavy atom. The maximum absolute atomic E-state index is 12.3. The van der Waals surface area contributed by atoms with Gasteiger partial charge >= 0.3 is 0 Å². The number of carbonyl (C=O) groups excluding carboxylic acids is 1. The summed E-state index contributed by atoms with van der Waals surface area (Å²) >= 11 is 1.39. The first-order valence-corrected chi connectivity index (χ1v) is 8.98. The molecule has 2 N–H and O–H groups in total. The number of benzene rings is 1. The van der Waals surface area contributed by atoms with E-state index in [0.29, 0.717) is 17.1 Å². The Bertz CT molecular complexity index is 807. The minimum atomic E-state index is -3.66. The average molecular weight is 335 g/mol. The summed E-state index contributed by atoms with van der Waals surface area (Å²) < 4.78 is 27.1. The maximum atomic E-state index is 12.3. The van der Waals surface area contributed by atoms with E-state index in [2.05, 4.69) is 15.0 Å². The molecule has 8 heteroatoms. The molecule has 0 unspecified atom stereocenters. The molecule has 114 valence electrons. The van der Waals surface area contributed by atoms with Crippen molar-refractivity contribution in [2.24, 2.45) is 0 Å². The van der Waals surface area contributed by atoms with Gasteiger partial charge in [-0.05, 0) is 30.3 Å². The second-order valence-electron chi connectivity index (χ2n) is 4.64. The smallest absolute Gasteiger partial charge is 0.240 e. The Morgan fingerprint density at radius 3 is 2.91 bits per heavy atom. The van der Waals surface area contributed by atoms with Crippen molar-refractivity contribution < 1.29 is 13.2 Å². The van der Waals surface area contributed by atoms with Crippen molar-refractivity contribution >= 4 is 33.4 Å². The maximum Gasteiger partial charge on any atom is 0.240 e. The zero-order valence-electron chi connectivity index (χ0n) is 11.4. The summed E-state index contributed by atoms with van der Waals surface area (Å²) in [6.45, 7) is 0.112. The van der Waals surface area contributed by atoms with Crippen LogP contribution in [0.4, 0.5) is 5.69 Å². The molecule has 0 atom stereocenters. The quantitative estimate of drug-likeness (QED) is 0.886. The number of aromatic nitrogens is 1. The lowest BCUT2D eigenvalue weighted by Crippen LogP contribution is -2.24. The van der Waals surface area contributed by atoms with Gasteiger partial charge in [0.15, 0.2) is 0 Å². The van der Waals surface area contributed by atoms with E-state index in [0.717, 1.165) is 4.90 Å². The number of sulfonamides is 1. The topological polar surface area (TPSA) is 88.2 Å². The summed E-state index contributed by atoms with van der Waals surface area (Å²) in [7, 11) is -3.66. The molecule has 0 bridgehead atoms. The van der Waals surface area contributed by atoms with Crippen molar-refractivity contribution in [1.29, 1.82) is 0 Å². The predicted molar refractivity (Wildman–Crippen MR) is 84.1 cm³/mol. The third-order valence-electron chi connectivity index (χ3n) is 3.06. The fourth-order valence-electron chi connectivity index (χ4n) is 1.98. The molecule has 1 aliphatic rings. The summed E-state index contributed by atoms with van der Waals surface area (Å²) in [4.78, 5) is 16.4. The number of carbonyl (C=O) groups is 1. The monoisotopic (exact) mass is 335 g/mol. The van der Waals surface area contributed by atoms with Gasteiger partial charge in [0, 0.05) is 11.1 Å². The summed E-state index contributed by atoms with van der Waals surface area (Å²) in [6, 6.07) is 10.0. The minimum Gasteiger partial charge on any atom is -0.324 e. The molecule has 22 heavy (non-hydrogen) atoms. The molecule has 0 radical (unpaired) electrons. The minimum absolute atomic E-state index is 0.112. The SMILES string of the molecule is O=C1CSc2ccc(S(=O)(=O)NCc3ccccn3)cc2N1. The standard InChI is InChI=1S/C14H13N3O3S2/c18-14-9-21-13-5-4-11(7-12(13)17-14)22(19,20)16-8-10-3-1-2-6-15-10/h1-7,16H,8-9H2,(H,17,18). The number of nitrogens with one attached hydrogen (secondary N) is 2. The second kappa shape index (κ2) is 6.07. The molecule has 0 saturated carbocycles. The number of hydrogen-bond donors (Lipinski definition) is 2. The highest BCUT2D eigenvalue weighted by atomic mass is 32.2. The third-order valence-corrected chi connectivity index (χ3v) is 5.54. The van der Waals surface area contributed by atoms with Gasteiger partial charge in [0.25, 0.3) is 0 Å². The molecule has 0 aliphatic carbocycles. The number of amides is 1. The molecule has 1 amide bonds. The molecular formula is C14H13N3O3S2. The van der Waals surface area contributed by atoms with Crippen LogP contribution < -0.4 is 10.0 Å². The van der Waals surface area contributed by atoms with Crippen molar-refractivity contribution in [3.8, 4) is 0 Å². The van der Waals surface area contributed by atoms with Crippen molar-refractivity contribution in [3.63, 3.8) is 0 Å². The molecular weight excluding hydrogens is 322 g/mol. The van der Waals surface area contributed by atoms with Gasteiger partial charge in [0.2, 0.25) is 15.9 Å². The number of nitrogens with zero attached hydrogens (tertiary/aromatic N) is 1. The Morgan fingerprint density at radius 2 is 2.14 bits per heavy atom. The Balaban J connectivity index is 1.80. The highest BCUT2D eigenvalue weighted by Gasteiger charge is 2.20. The summed E-state index contributed by atoms with van der Waals surface area (Å²) in [5.41, 5.74) is 1.16. The molecule has 1 aliphatic heterocycles. The van der Waals surface area contributed by atoms with Crippen molar-refractivity contribution in [3.05, 3.63) is 48.3 Å². The van der Waals surface area contributed by atoms with Gasteiger partial charge in [-0.2, -0.15) is 0 Å². The Labute approximate surface area is 132 Å². The normalized spacial score (nSPS) is 14.3. The zero-order chi connectivity index (χ0) is 15.6. The van der Waals surface area contributed by atoms with E-state index in [-0.39, 0.29) is 17.3 Å². The van der Waals surface area contributed by atoms with Crippen LogP contribution >= 0.6 is 11.8 Å². The first kappa shape index (κ1) is 15.0. The fraction of sp³-hybridized carbons (Fsp3) is 0.143. The summed E-state index contributed by atoms with van der Waals surface area (Å²) in [6.07, 6.45) is 1.61. The molecule has 0 saturated heterocycles. The molecule has 6 nitrogen and oxygen atoms in total. The van der Waals surface area contributed by atoms with Gasteiger partial charge < -0.3 is 5.32 Å². The summed E-state index contributed by atoms with van der Waals surface area (Å²) in [5.74, 6) is 0.213. The zero-order valence-corrected chi connectivity index (χ0v) is 13.1. The van der Waals surface area contributed by atoms with E-state index in [1.54, 1.807) is 30.5 Å². The van der Waals surface area contributed by atoms with Crippen LogP contribution in [0, 0.1) is 0 Å². The van der Waals surface area contributed by atoms with Gasteiger partial charge in [-0.15, -0.1) is 11.8 Å². The highest BCUT2D eigenvalue weighted by Crippen LogP contribution is 2.32. The Hall–Kier alpha value is -1.90. The number of pyridine rings is 1. The molecule has 3 rings (SSSR count). The van der Waals surface area contributed by atoms with E-state index in [1.165, 1.54) is 23.9 Å². The Kier molecular flexibility index (Phi) is 4.14. The van der Waals surface area contributed by atoms with Gasteiger partial charge in [-0.25, -0.2) is 13.1 Å². The van der Waals surface area contributed by atoms with Crippen LogP contribution in [0.5, 0.6) is 0 Å². The van der Waals surface area contributed by atoms with Crippen molar-refractivity contribution in [2.45, 2.75) is 16.3 Å². The second-order valence-corrected chi connectivity index (χ2v) is 7.42. The molecule has 0 fully saturated rings. The van der Waals surface area contributed by atoms with E-state index < -0.39 is 10.0 Å². The first-order valence-electron chi connectivity index (χ1n) is 6.51. The van der Waals surface area contributed by atoms with Crippen LogP contribution in [0.25, 0.3) is 0 Å². The molecule has 2 aromatic rings. The molecule has 1 aromatic carbocycles. The first-order chi connectivity index (χ1) is 10.5. The largest absolute Gasteiger partial charge is 0.324 e. The van der Waals surface area contributed by atoms with Crippen molar-refractivity contribution in [2.75, 3.05) is 11.1 Å². The third kappa shape index (κ3) is 3.29. The molecule has 0 spiro atoms. The lowest BCUT2D eigenvalue weighted by molar-refractivity contribution is -0.113. The lowest BCUT2D eigenvalue weighted by Gasteiger charge is -2.17. The summed E-state index contributed by atoms with van der Waals surface area (Å²) in [5, 5.41) is 2.68. The van der Waals surface area contributed by atoms with E-state index >= 15 is 0 Å². The number of anilines is 1. The number of fused-ring (bicyclic) bond motifs is 1. The fourth-order valence-corrected chi connectivity index (χ4v) is 3.80. The van der Waals surface area contributed by atoms with Gasteiger partial charge in [-0.3, -0.25) is 9.78 Å². The number of hydrogen-bond acceptors (Lipinski definition) is 5. The van der Waals surface area contributed by atoms with Crippen LogP contribution in [-0.4, -0.2) is 25.1 Å². The van der Waals surface area contributed by atoms with Gasteiger partial charge in [0.1, 0.15) is 0 Å². The van der Waals surface area contributed by atoms with Crippen LogP contribution in [0.3, 0.4) is 0 Å². The van der Waals surface area contributed by atoms with Gasteiger partial charge in [-0.1, -0.05) is 6.07 Å². The molecule has 2 heterocycles. The van der Waals surface area contributed by atoms with Crippen LogP contribution in [-0.2, 0) is 21.4 Å². The van der Waals surface area contributed by atoms with E-state index in [9.17, 15) is 13.2 Å². The van der Waals surface area contributed by atoms with Crippen LogP contribution in [0.2, 0.25) is 0 Å². The molecule has 1 aromatic heterocycles. The van der Waals surface area contributed by atoms with E-state index in [1.807, 2.05) is 0 Å². The van der Waals surface area contributed by atoms with Crippen molar-refractivity contribution in [1.82, 2.24) is 9.71 Å². The van der Waals surface area contributed by atoms with Crippen LogP contribution in [0.15, 0.2) is 52.4 Å². The average Bonchev–Trinajstić information content (AvgIpc) is 2.53. The van der Waals surface area contributed by atoms with E-state index in [4.69, 9.17) is 0 Å². The van der Waals surface area contributed by atoms with Gasteiger partial charge in [0.05, 0.1) is 28.6 Å². The lowest BCUT2D eigenvalue weighted by atomic mass is 10.3. The highest BCUT2D eigenvalue weighted by molar-refractivity contribution is 8.00. The number of thioether (sulfide) groups is 1. The number of rotatable bonds is 4. The van der Waals surface area contributed by atoms with Crippen LogP contribution in [0.1, 0.15) is 5.69 Å². The predicted octanol–water partition coefficient (Wildman–Crippen LogP) is 1.60.